The molecular weight excluding hydrogens is 522 g/mol. The zero-order chi connectivity index (χ0) is 25.4. The van der Waals surface area contributed by atoms with Gasteiger partial charge in [0.1, 0.15) is 11.5 Å². The van der Waals surface area contributed by atoms with E-state index in [4.69, 9.17) is 16.0 Å². The molecule has 0 saturated carbocycles. The zero-order valence-electron chi connectivity index (χ0n) is 18.7. The number of anilines is 1. The first-order valence-electron chi connectivity index (χ1n) is 10.7. The van der Waals surface area contributed by atoms with Crippen LogP contribution in [0.5, 0.6) is 5.75 Å². The van der Waals surface area contributed by atoms with E-state index in [1.165, 1.54) is 34.9 Å². The van der Waals surface area contributed by atoms with Crippen LogP contribution in [0.1, 0.15) is 33.5 Å². The Labute approximate surface area is 218 Å². The fourth-order valence-corrected chi connectivity index (χ4v) is 5.96. The number of nitrogens with zero attached hydrogens (tertiary/aromatic N) is 3. The number of aryl methyl sites for hydroxylation is 1. The van der Waals surface area contributed by atoms with Gasteiger partial charge in [-0.2, -0.15) is 0 Å². The predicted octanol–water partition coefficient (Wildman–Crippen LogP) is 5.87. The first-order valence-corrected chi connectivity index (χ1v) is 12.9. The van der Waals surface area contributed by atoms with Crippen molar-refractivity contribution in [2.75, 3.05) is 4.90 Å². The summed E-state index contributed by atoms with van der Waals surface area (Å²) in [4.78, 5) is 27.8. The Morgan fingerprint density at radius 1 is 1.11 bits per heavy atom. The Hall–Kier alpha value is -3.60. The quantitative estimate of drug-likeness (QED) is 0.170. The second-order valence-electron chi connectivity index (χ2n) is 7.90. The molecule has 1 atom stereocenters. The number of carbonyl (C=O) groups is 2. The molecule has 1 unspecified atom stereocenters. The normalized spacial score (nSPS) is 15.7. The average Bonchev–Trinajstić information content (AvgIpc) is 3.57. The number of thioether (sulfide) groups is 1. The number of benzene rings is 2. The maximum absolute atomic E-state index is 13.4. The monoisotopic (exact) mass is 539 g/mol. The van der Waals surface area contributed by atoms with Crippen molar-refractivity contribution in [3.8, 4) is 5.75 Å². The molecule has 3 heterocycles. The summed E-state index contributed by atoms with van der Waals surface area (Å²) in [5.74, 6) is -0.995. The van der Waals surface area contributed by atoms with Crippen molar-refractivity contribution in [2.24, 2.45) is 0 Å². The number of aromatic nitrogens is 2. The highest BCUT2D eigenvalue weighted by Gasteiger charge is 2.46. The second-order valence-corrected chi connectivity index (χ2v) is 10.5. The number of phenolic OH excluding ortho intramolecular Hbond substituents is 1. The number of aromatic hydroxyl groups is 1. The van der Waals surface area contributed by atoms with Gasteiger partial charge in [0.05, 0.1) is 11.6 Å². The molecule has 0 spiro atoms. The van der Waals surface area contributed by atoms with Crippen LogP contribution in [-0.2, 0) is 10.5 Å². The first kappa shape index (κ1) is 24.1. The highest BCUT2D eigenvalue weighted by molar-refractivity contribution is 8.00. The van der Waals surface area contributed by atoms with Crippen LogP contribution < -0.4 is 4.90 Å². The van der Waals surface area contributed by atoms with Gasteiger partial charge in [0.25, 0.3) is 5.91 Å². The third-order valence-electron chi connectivity index (χ3n) is 5.54. The molecular formula is C25H18ClN3O5S2. The number of aliphatic hydroxyl groups is 1. The predicted molar refractivity (Wildman–Crippen MR) is 137 cm³/mol. The number of phenols is 1. The number of amides is 1. The summed E-state index contributed by atoms with van der Waals surface area (Å²) in [6, 6.07) is 15.6. The van der Waals surface area contributed by atoms with Gasteiger partial charge in [-0.25, -0.2) is 0 Å². The van der Waals surface area contributed by atoms with Crippen LogP contribution in [0.25, 0.3) is 0 Å². The molecule has 5 rings (SSSR count). The first-order chi connectivity index (χ1) is 17.3. The van der Waals surface area contributed by atoms with Gasteiger partial charge >= 0.3 is 0 Å². The largest absolute Gasteiger partial charge is 0.508 e. The number of rotatable bonds is 7. The van der Waals surface area contributed by atoms with E-state index in [0.29, 0.717) is 26.4 Å². The maximum atomic E-state index is 13.4. The van der Waals surface area contributed by atoms with Crippen molar-refractivity contribution >= 4 is 51.5 Å². The molecule has 1 amide bonds. The molecule has 2 aromatic carbocycles. The van der Waals surface area contributed by atoms with Crippen LogP contribution >= 0.6 is 34.7 Å². The van der Waals surface area contributed by atoms with E-state index in [0.717, 1.165) is 16.9 Å². The number of aliphatic hydroxyl groups excluding tert-OH is 1. The number of Topliss-reactive ketones (excluding diaryl/α,β-unsaturated/α-hetero) is 1. The standard InChI is InChI=1S/C25H18ClN3O5S2/c1-13-6-11-18(34-13)21(31)19-20(14-7-9-16(30)10-8-14)29(23(33)22(19)32)24-27-28-25(36-24)35-12-15-4-2-3-5-17(15)26/h2-11,20,30,32H,12H2,1H3. The van der Waals surface area contributed by atoms with E-state index in [2.05, 4.69) is 10.2 Å². The summed E-state index contributed by atoms with van der Waals surface area (Å²) in [5.41, 5.74) is 1.29. The van der Waals surface area contributed by atoms with Gasteiger partial charge in [0, 0.05) is 10.8 Å². The van der Waals surface area contributed by atoms with E-state index in [1.807, 2.05) is 24.3 Å². The Bertz CT molecular complexity index is 1500. The average molecular weight is 540 g/mol. The van der Waals surface area contributed by atoms with Crippen molar-refractivity contribution in [2.45, 2.75) is 23.1 Å². The van der Waals surface area contributed by atoms with E-state index in [9.17, 15) is 19.8 Å². The fraction of sp³-hybridized carbons (Fsp3) is 0.120. The fourth-order valence-electron chi connectivity index (χ4n) is 3.81. The number of carbonyl (C=O) groups excluding carboxylic acids is 2. The summed E-state index contributed by atoms with van der Waals surface area (Å²) in [5, 5.41) is 29.8. The molecule has 2 aromatic heterocycles. The number of hydrogen-bond donors (Lipinski definition) is 2. The Morgan fingerprint density at radius 2 is 1.86 bits per heavy atom. The van der Waals surface area contributed by atoms with Crippen molar-refractivity contribution < 1.29 is 24.2 Å². The van der Waals surface area contributed by atoms with Crippen LogP contribution in [0, 0.1) is 6.92 Å². The molecule has 0 saturated heterocycles. The number of furan rings is 1. The number of ketones is 1. The third-order valence-corrected chi connectivity index (χ3v) is 8.01. The minimum Gasteiger partial charge on any atom is -0.508 e. The van der Waals surface area contributed by atoms with Crippen LogP contribution in [0.2, 0.25) is 5.02 Å². The van der Waals surface area contributed by atoms with Crippen LogP contribution in [0.15, 0.2) is 80.8 Å². The summed E-state index contributed by atoms with van der Waals surface area (Å²) in [6.07, 6.45) is 0. The minimum atomic E-state index is -0.995. The molecule has 1 aliphatic heterocycles. The van der Waals surface area contributed by atoms with Gasteiger partial charge in [0.15, 0.2) is 15.9 Å². The molecule has 0 fully saturated rings. The molecule has 2 N–H and O–H groups in total. The zero-order valence-corrected chi connectivity index (χ0v) is 21.1. The molecule has 0 aliphatic carbocycles. The topological polar surface area (TPSA) is 117 Å². The van der Waals surface area contributed by atoms with Gasteiger partial charge in [-0.3, -0.25) is 14.5 Å². The molecule has 36 heavy (non-hydrogen) atoms. The van der Waals surface area contributed by atoms with E-state index >= 15 is 0 Å². The molecule has 1 aliphatic rings. The molecule has 11 heteroatoms. The minimum absolute atomic E-state index is 0.000673. The lowest BCUT2D eigenvalue weighted by Crippen LogP contribution is -2.31. The van der Waals surface area contributed by atoms with Gasteiger partial charge in [-0.15, -0.1) is 10.2 Å². The molecule has 182 valence electrons. The highest BCUT2D eigenvalue weighted by Crippen LogP contribution is 2.44. The molecule has 0 bridgehead atoms. The van der Waals surface area contributed by atoms with Gasteiger partial charge < -0.3 is 14.6 Å². The van der Waals surface area contributed by atoms with Crippen LogP contribution in [-0.4, -0.2) is 32.1 Å². The Balaban J connectivity index is 1.50. The van der Waals surface area contributed by atoms with Gasteiger partial charge in [-0.05, 0) is 48.4 Å². The van der Waals surface area contributed by atoms with E-state index in [-0.39, 0.29) is 22.2 Å². The van der Waals surface area contributed by atoms with Crippen LogP contribution in [0.4, 0.5) is 5.13 Å². The summed E-state index contributed by atoms with van der Waals surface area (Å²) >= 11 is 8.80. The van der Waals surface area contributed by atoms with Gasteiger partial charge in [0.2, 0.25) is 10.9 Å². The van der Waals surface area contributed by atoms with Crippen molar-refractivity contribution in [1.82, 2.24) is 10.2 Å². The SMILES string of the molecule is Cc1ccc(C(=O)C2=C(O)C(=O)N(c3nnc(SCc4ccccc4Cl)s3)C2c2ccc(O)cc2)o1. The highest BCUT2D eigenvalue weighted by atomic mass is 35.5. The smallest absolute Gasteiger partial charge is 0.296 e. The molecule has 4 aromatic rings. The summed E-state index contributed by atoms with van der Waals surface area (Å²) in [6.45, 7) is 1.69. The van der Waals surface area contributed by atoms with Crippen LogP contribution in [0.3, 0.4) is 0 Å². The van der Waals surface area contributed by atoms with E-state index < -0.39 is 23.5 Å². The molecule has 8 nitrogen and oxygen atoms in total. The number of halogens is 1. The second kappa shape index (κ2) is 9.81. The summed E-state index contributed by atoms with van der Waals surface area (Å²) in [7, 11) is 0. The summed E-state index contributed by atoms with van der Waals surface area (Å²) < 4.78 is 6.06. The lowest BCUT2D eigenvalue weighted by molar-refractivity contribution is -0.117. The third kappa shape index (κ3) is 4.50. The lowest BCUT2D eigenvalue weighted by Gasteiger charge is -2.23. The van der Waals surface area contributed by atoms with Crippen molar-refractivity contribution in [3.05, 3.63) is 99.7 Å². The lowest BCUT2D eigenvalue weighted by atomic mass is 9.95. The van der Waals surface area contributed by atoms with E-state index in [1.54, 1.807) is 25.1 Å². The Morgan fingerprint density at radius 3 is 2.56 bits per heavy atom. The van der Waals surface area contributed by atoms with Gasteiger partial charge in [-0.1, -0.05) is 65.0 Å². The Kier molecular flexibility index (Phi) is 6.57. The van der Waals surface area contributed by atoms with Crippen molar-refractivity contribution in [3.63, 3.8) is 0 Å². The maximum Gasteiger partial charge on any atom is 0.296 e. The molecule has 0 radical (unpaired) electrons. The number of hydrogen-bond acceptors (Lipinski definition) is 9. The van der Waals surface area contributed by atoms with Crippen molar-refractivity contribution in [1.29, 1.82) is 0 Å².